The van der Waals surface area contributed by atoms with E-state index >= 15 is 0 Å². The molecule has 6 heteroatoms. The Kier molecular flexibility index (Phi) is 5.48. The fraction of sp³-hybridized carbons (Fsp3) is 0.538. The molecule has 0 aliphatic carbocycles. The van der Waals surface area contributed by atoms with E-state index in [1.54, 1.807) is 12.1 Å². The fourth-order valence-corrected chi connectivity index (χ4v) is 3.63. The Morgan fingerprint density at radius 2 is 2.16 bits per heavy atom. The van der Waals surface area contributed by atoms with Crippen LogP contribution in [-0.4, -0.2) is 23.0 Å². The third-order valence-corrected chi connectivity index (χ3v) is 4.61. The summed E-state index contributed by atoms with van der Waals surface area (Å²) in [5, 5.41) is 14.8. The summed E-state index contributed by atoms with van der Waals surface area (Å²) in [7, 11) is 0. The molecule has 1 aromatic rings. The molecule has 0 spiro atoms. The molecule has 4 nitrogen and oxygen atoms in total. The number of nitro benzene ring substituents is 1. The molecule has 0 saturated carbocycles. The molecule has 104 valence electrons. The third kappa shape index (κ3) is 4.37. The van der Waals surface area contributed by atoms with Crippen molar-refractivity contribution in [2.45, 2.75) is 19.4 Å². The van der Waals surface area contributed by atoms with Crippen LogP contribution in [0.25, 0.3) is 0 Å². The average molecular weight is 301 g/mol. The topological polar surface area (TPSA) is 55.2 Å². The highest BCUT2D eigenvalue weighted by Crippen LogP contribution is 2.24. The van der Waals surface area contributed by atoms with Gasteiger partial charge in [0.1, 0.15) is 0 Å². The summed E-state index contributed by atoms with van der Waals surface area (Å²) in [6.45, 7) is 1.42. The first-order chi connectivity index (χ1) is 9.16. The van der Waals surface area contributed by atoms with E-state index in [1.807, 2.05) is 11.8 Å². The largest absolute Gasteiger partial charge is 0.312 e. The highest BCUT2D eigenvalue weighted by molar-refractivity contribution is 7.99. The van der Waals surface area contributed by atoms with Crippen LogP contribution in [0.3, 0.4) is 0 Å². The van der Waals surface area contributed by atoms with E-state index in [0.29, 0.717) is 23.0 Å². The zero-order valence-electron chi connectivity index (χ0n) is 10.6. The minimum atomic E-state index is -0.357. The molecule has 1 aliphatic rings. The van der Waals surface area contributed by atoms with Crippen molar-refractivity contribution in [2.24, 2.45) is 5.92 Å². The number of benzene rings is 1. The summed E-state index contributed by atoms with van der Waals surface area (Å²) in [4.78, 5) is 10.6. The summed E-state index contributed by atoms with van der Waals surface area (Å²) in [5.41, 5.74) is 0.791. The Morgan fingerprint density at radius 3 is 2.84 bits per heavy atom. The molecule has 0 amide bonds. The predicted molar refractivity (Wildman–Crippen MR) is 79.9 cm³/mol. The molecule has 1 aromatic carbocycles. The highest BCUT2D eigenvalue weighted by atomic mass is 35.5. The van der Waals surface area contributed by atoms with Gasteiger partial charge in [-0.15, -0.1) is 0 Å². The van der Waals surface area contributed by atoms with Gasteiger partial charge in [0, 0.05) is 23.2 Å². The van der Waals surface area contributed by atoms with Crippen molar-refractivity contribution in [3.05, 3.63) is 38.9 Å². The van der Waals surface area contributed by atoms with Crippen molar-refractivity contribution in [1.29, 1.82) is 0 Å². The molecular formula is C13H17ClN2O2S. The van der Waals surface area contributed by atoms with E-state index in [9.17, 15) is 10.1 Å². The Bertz CT molecular complexity index is 450. The van der Waals surface area contributed by atoms with E-state index in [1.165, 1.54) is 30.4 Å². The van der Waals surface area contributed by atoms with E-state index in [4.69, 9.17) is 11.6 Å². The quantitative estimate of drug-likeness (QED) is 0.668. The Hall–Kier alpha value is -0.780. The molecule has 0 aromatic heterocycles. The van der Waals surface area contributed by atoms with Crippen molar-refractivity contribution in [2.75, 3.05) is 18.1 Å². The van der Waals surface area contributed by atoms with Crippen molar-refractivity contribution >= 4 is 29.1 Å². The molecule has 2 rings (SSSR count). The van der Waals surface area contributed by atoms with Crippen LogP contribution in [0.5, 0.6) is 0 Å². The van der Waals surface area contributed by atoms with Crippen LogP contribution >= 0.6 is 23.4 Å². The van der Waals surface area contributed by atoms with E-state index < -0.39 is 0 Å². The van der Waals surface area contributed by atoms with Crippen molar-refractivity contribution < 1.29 is 4.92 Å². The van der Waals surface area contributed by atoms with Crippen LogP contribution in [0.15, 0.2) is 18.2 Å². The second-order valence-corrected chi connectivity index (χ2v) is 6.38. The van der Waals surface area contributed by atoms with Gasteiger partial charge in [0.15, 0.2) is 0 Å². The molecule has 0 radical (unpaired) electrons. The minimum absolute atomic E-state index is 0.135. The second-order valence-electron chi connectivity index (χ2n) is 4.72. The molecule has 1 saturated heterocycles. The number of nitrogens with one attached hydrogen (secondary N) is 1. The molecule has 1 aliphatic heterocycles. The van der Waals surface area contributed by atoms with Crippen LogP contribution in [0.4, 0.5) is 5.69 Å². The van der Waals surface area contributed by atoms with Crippen molar-refractivity contribution in [3.8, 4) is 0 Å². The lowest BCUT2D eigenvalue weighted by Crippen LogP contribution is -2.25. The average Bonchev–Trinajstić information content (AvgIpc) is 2.39. The number of rotatable bonds is 5. The maximum Gasteiger partial charge on any atom is 0.273 e. The number of hydrogen-bond donors (Lipinski definition) is 1. The van der Waals surface area contributed by atoms with E-state index in [0.717, 1.165) is 6.54 Å². The summed E-state index contributed by atoms with van der Waals surface area (Å²) in [5.74, 6) is 3.15. The lowest BCUT2D eigenvalue weighted by Gasteiger charge is -2.21. The standard InChI is InChI=1S/C13H17ClN2O2S/c14-12-1-2-13(16(17)18)11(7-12)9-15-8-10-3-5-19-6-4-10/h1-2,7,10,15H,3-6,8-9H2. The summed E-state index contributed by atoms with van der Waals surface area (Å²) >= 11 is 7.90. The van der Waals surface area contributed by atoms with Gasteiger partial charge in [-0.3, -0.25) is 10.1 Å². The molecule has 1 heterocycles. The van der Waals surface area contributed by atoms with Crippen LogP contribution < -0.4 is 5.32 Å². The highest BCUT2D eigenvalue weighted by Gasteiger charge is 2.16. The molecule has 0 atom stereocenters. The smallest absolute Gasteiger partial charge is 0.273 e. The van der Waals surface area contributed by atoms with Crippen LogP contribution in [0.1, 0.15) is 18.4 Å². The Morgan fingerprint density at radius 1 is 1.42 bits per heavy atom. The zero-order chi connectivity index (χ0) is 13.7. The van der Waals surface area contributed by atoms with Gasteiger partial charge in [0.05, 0.1) is 4.92 Å². The fourth-order valence-electron chi connectivity index (χ4n) is 2.24. The van der Waals surface area contributed by atoms with Gasteiger partial charge in [-0.05, 0) is 48.9 Å². The van der Waals surface area contributed by atoms with Crippen LogP contribution in [0, 0.1) is 16.0 Å². The van der Waals surface area contributed by atoms with E-state index in [2.05, 4.69) is 5.32 Å². The number of halogens is 1. The molecule has 0 unspecified atom stereocenters. The number of thioether (sulfide) groups is 1. The number of nitrogens with zero attached hydrogens (tertiary/aromatic N) is 1. The van der Waals surface area contributed by atoms with Crippen molar-refractivity contribution in [1.82, 2.24) is 5.32 Å². The number of nitro groups is 1. The molecule has 1 fully saturated rings. The van der Waals surface area contributed by atoms with Crippen LogP contribution in [0.2, 0.25) is 5.02 Å². The molecule has 1 N–H and O–H groups in total. The van der Waals surface area contributed by atoms with Gasteiger partial charge in [-0.2, -0.15) is 11.8 Å². The van der Waals surface area contributed by atoms with Gasteiger partial charge in [0.2, 0.25) is 0 Å². The second kappa shape index (κ2) is 7.12. The third-order valence-electron chi connectivity index (χ3n) is 3.33. The monoisotopic (exact) mass is 300 g/mol. The first-order valence-corrected chi connectivity index (χ1v) is 7.91. The van der Waals surface area contributed by atoms with Gasteiger partial charge in [-0.25, -0.2) is 0 Å². The van der Waals surface area contributed by atoms with Gasteiger partial charge < -0.3 is 5.32 Å². The normalized spacial score (nSPS) is 16.5. The van der Waals surface area contributed by atoms with Crippen molar-refractivity contribution in [3.63, 3.8) is 0 Å². The minimum Gasteiger partial charge on any atom is -0.312 e. The Balaban J connectivity index is 1.91. The van der Waals surface area contributed by atoms with Gasteiger partial charge in [0.25, 0.3) is 5.69 Å². The predicted octanol–water partition coefficient (Wildman–Crippen LogP) is 3.48. The summed E-state index contributed by atoms with van der Waals surface area (Å²) in [6, 6.07) is 4.70. The lowest BCUT2D eigenvalue weighted by molar-refractivity contribution is -0.385. The summed E-state index contributed by atoms with van der Waals surface area (Å²) in [6.07, 6.45) is 2.46. The van der Waals surface area contributed by atoms with E-state index in [-0.39, 0.29) is 10.6 Å². The Labute approximate surface area is 122 Å². The maximum atomic E-state index is 10.9. The zero-order valence-corrected chi connectivity index (χ0v) is 12.2. The maximum absolute atomic E-state index is 10.9. The SMILES string of the molecule is O=[N+]([O-])c1ccc(Cl)cc1CNCC1CCSCC1. The van der Waals surface area contributed by atoms with Gasteiger partial charge >= 0.3 is 0 Å². The van der Waals surface area contributed by atoms with Crippen LogP contribution in [-0.2, 0) is 6.54 Å². The molecular weight excluding hydrogens is 284 g/mol. The first-order valence-electron chi connectivity index (χ1n) is 6.38. The first kappa shape index (κ1) is 14.6. The van der Waals surface area contributed by atoms with Gasteiger partial charge in [-0.1, -0.05) is 11.6 Å². The molecule has 19 heavy (non-hydrogen) atoms. The summed E-state index contributed by atoms with van der Waals surface area (Å²) < 4.78 is 0. The molecule has 0 bridgehead atoms. The number of hydrogen-bond acceptors (Lipinski definition) is 4. The lowest BCUT2D eigenvalue weighted by atomic mass is 10.0.